The van der Waals surface area contributed by atoms with Gasteiger partial charge in [-0.1, -0.05) is 0 Å². The van der Waals surface area contributed by atoms with E-state index in [2.05, 4.69) is 0 Å². The normalized spacial score (nSPS) is 32.2. The average Bonchev–Trinajstić information content (AvgIpc) is 2.73. The van der Waals surface area contributed by atoms with Crippen molar-refractivity contribution in [3.05, 3.63) is 0 Å². The van der Waals surface area contributed by atoms with Crippen LogP contribution in [0, 0.1) is 5.92 Å². The zero-order chi connectivity index (χ0) is 12.1. The van der Waals surface area contributed by atoms with E-state index < -0.39 is 23.7 Å². The Hall–Kier alpha value is -1.26. The van der Waals surface area contributed by atoms with E-state index in [4.69, 9.17) is 4.74 Å². The van der Waals surface area contributed by atoms with Crippen LogP contribution in [0.2, 0.25) is 0 Å². The lowest BCUT2D eigenvalue weighted by Crippen LogP contribution is -2.50. The molecule has 2 aliphatic rings. The van der Waals surface area contributed by atoms with Crippen molar-refractivity contribution in [1.82, 2.24) is 4.90 Å². The molecule has 1 aliphatic heterocycles. The number of ether oxygens (including phenoxy) is 1. The highest BCUT2D eigenvalue weighted by Gasteiger charge is 2.55. The maximum Gasteiger partial charge on any atom is 0.411 e. The van der Waals surface area contributed by atoms with Crippen molar-refractivity contribution >= 4 is 12.1 Å². The molecule has 2 rings (SSSR count). The topological polar surface area (TPSA) is 69.7 Å². The molecule has 1 heterocycles. The highest BCUT2D eigenvalue weighted by atomic mass is 16.6. The molecule has 1 saturated carbocycles. The summed E-state index contributed by atoms with van der Waals surface area (Å²) < 4.78 is 5.20. The average molecular weight is 226 g/mol. The molecule has 1 aliphatic carbocycles. The number of fused-ring (bicyclic) bond motifs is 1. The first-order chi connectivity index (χ1) is 7.29. The predicted octanol–water partition coefficient (Wildman–Crippen LogP) is 0.134. The Morgan fingerprint density at radius 2 is 1.94 bits per heavy atom. The third kappa shape index (κ3) is 1.99. The van der Waals surface area contributed by atoms with Gasteiger partial charge in [0.15, 0.2) is 0 Å². The summed E-state index contributed by atoms with van der Waals surface area (Å²) in [6.45, 7) is 5.29. The molecule has 1 amide bonds. The Bertz CT molecular complexity index is 333. The number of hydrogen-bond acceptors (Lipinski definition) is 4. The second kappa shape index (κ2) is 3.37. The van der Waals surface area contributed by atoms with Crippen LogP contribution in [0.5, 0.6) is 0 Å². The molecular formula is C11H16NO4-. The lowest BCUT2D eigenvalue weighted by Gasteiger charge is -2.30. The fraction of sp³-hybridized carbons (Fsp3) is 0.818. The van der Waals surface area contributed by atoms with E-state index in [-0.39, 0.29) is 6.04 Å². The van der Waals surface area contributed by atoms with Gasteiger partial charge in [0, 0.05) is 6.04 Å². The molecule has 0 aromatic rings. The van der Waals surface area contributed by atoms with Gasteiger partial charge < -0.3 is 14.6 Å². The number of likely N-dealkylation sites (tertiary alicyclic amines) is 1. The second-order valence-electron chi connectivity index (χ2n) is 5.52. The van der Waals surface area contributed by atoms with E-state index in [1.54, 1.807) is 20.8 Å². The zero-order valence-electron chi connectivity index (χ0n) is 9.73. The van der Waals surface area contributed by atoms with Crippen molar-refractivity contribution in [2.45, 2.75) is 51.3 Å². The molecule has 0 aromatic carbocycles. The predicted molar refractivity (Wildman–Crippen MR) is 53.4 cm³/mol. The van der Waals surface area contributed by atoms with Crippen LogP contribution in [0.25, 0.3) is 0 Å². The van der Waals surface area contributed by atoms with Crippen LogP contribution in [-0.4, -0.2) is 34.6 Å². The number of piperidine rings is 1. The van der Waals surface area contributed by atoms with Gasteiger partial charge >= 0.3 is 6.09 Å². The lowest BCUT2D eigenvalue weighted by atomic mass is 10.2. The smallest absolute Gasteiger partial charge is 0.411 e. The molecule has 0 aromatic heterocycles. The van der Waals surface area contributed by atoms with Gasteiger partial charge in [-0.2, -0.15) is 0 Å². The van der Waals surface area contributed by atoms with Crippen LogP contribution in [0.3, 0.4) is 0 Å². The Labute approximate surface area is 94.4 Å². The van der Waals surface area contributed by atoms with E-state index in [0.717, 1.165) is 6.42 Å². The molecule has 0 bridgehead atoms. The quantitative estimate of drug-likeness (QED) is 0.637. The standard InChI is InChI=1S/C11H17NO4/c1-11(2,3)16-10(15)12-7-4-6(7)5-8(12)9(13)14/h6-8H,4-5H2,1-3H3,(H,13,14)/p-1/t6-,7-,8+/m0/s1. The van der Waals surface area contributed by atoms with E-state index in [9.17, 15) is 14.7 Å². The SMILES string of the molecule is CC(C)(C)OC(=O)N1[C@@H](C(=O)[O-])C[C@@H]2C[C@@H]21. The molecule has 3 atom stereocenters. The summed E-state index contributed by atoms with van der Waals surface area (Å²) in [5.74, 6) is -0.853. The number of carboxylic acid groups (broad SMARTS) is 1. The number of rotatable bonds is 1. The van der Waals surface area contributed by atoms with Gasteiger partial charge in [0.2, 0.25) is 0 Å². The fourth-order valence-corrected chi connectivity index (χ4v) is 2.24. The minimum atomic E-state index is -1.18. The minimum Gasteiger partial charge on any atom is -0.548 e. The monoisotopic (exact) mass is 226 g/mol. The van der Waals surface area contributed by atoms with Crippen LogP contribution in [0.4, 0.5) is 4.79 Å². The summed E-state index contributed by atoms with van der Waals surface area (Å²) in [4.78, 5) is 24.1. The molecule has 16 heavy (non-hydrogen) atoms. The summed E-state index contributed by atoms with van der Waals surface area (Å²) >= 11 is 0. The first-order valence-electron chi connectivity index (χ1n) is 5.52. The summed E-state index contributed by atoms with van der Waals surface area (Å²) in [5.41, 5.74) is -0.597. The first kappa shape index (κ1) is 11.2. The molecule has 0 radical (unpaired) electrons. The van der Waals surface area contributed by atoms with Gasteiger partial charge in [-0.3, -0.25) is 4.90 Å². The molecule has 90 valence electrons. The van der Waals surface area contributed by atoms with Crippen LogP contribution < -0.4 is 5.11 Å². The zero-order valence-corrected chi connectivity index (χ0v) is 9.73. The fourth-order valence-electron chi connectivity index (χ4n) is 2.24. The van der Waals surface area contributed by atoms with Gasteiger partial charge in [0.05, 0.1) is 12.0 Å². The van der Waals surface area contributed by atoms with Crippen molar-refractivity contribution in [2.75, 3.05) is 0 Å². The summed E-state index contributed by atoms with van der Waals surface area (Å²) in [7, 11) is 0. The molecular weight excluding hydrogens is 210 g/mol. The van der Waals surface area contributed by atoms with E-state index in [1.807, 2.05) is 0 Å². The number of hydrogen-bond donors (Lipinski definition) is 0. The van der Waals surface area contributed by atoms with E-state index in [1.165, 1.54) is 4.90 Å². The molecule has 2 fully saturated rings. The summed E-state index contributed by atoms with van der Waals surface area (Å²) in [5, 5.41) is 10.9. The largest absolute Gasteiger partial charge is 0.548 e. The first-order valence-corrected chi connectivity index (χ1v) is 5.52. The van der Waals surface area contributed by atoms with Gasteiger partial charge in [-0.05, 0) is 39.5 Å². The molecule has 0 unspecified atom stereocenters. The molecule has 1 saturated heterocycles. The van der Waals surface area contributed by atoms with Crippen LogP contribution in [0.15, 0.2) is 0 Å². The highest BCUT2D eigenvalue weighted by molar-refractivity contribution is 5.80. The van der Waals surface area contributed by atoms with Gasteiger partial charge in [-0.15, -0.1) is 0 Å². The van der Waals surface area contributed by atoms with Crippen molar-refractivity contribution in [1.29, 1.82) is 0 Å². The second-order valence-corrected chi connectivity index (χ2v) is 5.52. The van der Waals surface area contributed by atoms with Crippen LogP contribution in [0.1, 0.15) is 33.6 Å². The summed E-state index contributed by atoms with van der Waals surface area (Å²) in [6.07, 6.45) is 0.863. The molecule has 0 spiro atoms. The van der Waals surface area contributed by atoms with Gasteiger partial charge in [0.25, 0.3) is 0 Å². The molecule has 5 heteroatoms. The number of amides is 1. The van der Waals surface area contributed by atoms with Gasteiger partial charge in [-0.25, -0.2) is 4.79 Å². The maximum absolute atomic E-state index is 11.8. The van der Waals surface area contributed by atoms with Crippen molar-refractivity contribution < 1.29 is 19.4 Å². The third-order valence-electron chi connectivity index (χ3n) is 2.98. The van der Waals surface area contributed by atoms with E-state index in [0.29, 0.717) is 12.3 Å². The van der Waals surface area contributed by atoms with Crippen molar-refractivity contribution in [3.63, 3.8) is 0 Å². The van der Waals surface area contributed by atoms with Crippen LogP contribution >= 0.6 is 0 Å². The number of carbonyl (C=O) groups is 2. The van der Waals surface area contributed by atoms with Crippen LogP contribution in [-0.2, 0) is 9.53 Å². The Morgan fingerprint density at radius 3 is 2.44 bits per heavy atom. The Balaban J connectivity index is 2.07. The van der Waals surface area contributed by atoms with Crippen molar-refractivity contribution in [3.8, 4) is 0 Å². The van der Waals surface area contributed by atoms with Crippen molar-refractivity contribution in [2.24, 2.45) is 5.92 Å². The number of carbonyl (C=O) groups excluding carboxylic acids is 2. The summed E-state index contributed by atoms with van der Waals surface area (Å²) in [6, 6.07) is -0.753. The van der Waals surface area contributed by atoms with E-state index >= 15 is 0 Å². The highest BCUT2D eigenvalue weighted by Crippen LogP contribution is 2.48. The molecule has 5 nitrogen and oxygen atoms in total. The third-order valence-corrected chi connectivity index (χ3v) is 2.98. The minimum absolute atomic E-state index is 0.0535. The maximum atomic E-state index is 11.8. The Morgan fingerprint density at radius 1 is 1.31 bits per heavy atom. The number of nitrogens with zero attached hydrogens (tertiary/aromatic N) is 1. The molecule has 0 N–H and O–H groups in total. The number of carboxylic acids is 1. The van der Waals surface area contributed by atoms with Gasteiger partial charge in [0.1, 0.15) is 5.60 Å². The Kier molecular flexibility index (Phi) is 2.36. The lowest BCUT2D eigenvalue weighted by molar-refractivity contribution is -0.310. The number of aliphatic carboxylic acids is 1.